The molecule has 0 saturated carbocycles. The first-order valence-electron chi connectivity index (χ1n) is 32.0. The predicted octanol–water partition coefficient (Wildman–Crippen LogP) is 13.0. The van der Waals surface area contributed by atoms with Crippen LogP contribution in [0.4, 0.5) is 5.69 Å². The summed E-state index contributed by atoms with van der Waals surface area (Å²) in [6.45, 7) is 17.5. The molecule has 12 rings (SSSR count). The van der Waals surface area contributed by atoms with Crippen molar-refractivity contribution < 1.29 is 61.6 Å². The molecule has 1 fully saturated rings. The molecular formula is C75H87NO13. The number of hydrogen-bond donors (Lipinski definition) is 0. The van der Waals surface area contributed by atoms with Gasteiger partial charge >= 0.3 is 0 Å². The summed E-state index contributed by atoms with van der Waals surface area (Å²) in [5, 5.41) is 4.69. The largest absolute Gasteiger partial charge is 0.491 e. The fraction of sp³-hybridized carbons (Fsp3) is 0.413. The third-order valence-electron chi connectivity index (χ3n) is 16.1. The summed E-state index contributed by atoms with van der Waals surface area (Å²) < 4.78 is 82.6. The number of hydrogen-bond acceptors (Lipinski definition) is 14. The van der Waals surface area contributed by atoms with Crippen molar-refractivity contribution in [3.8, 4) is 34.5 Å². The minimum atomic E-state index is -0.0466. The van der Waals surface area contributed by atoms with Gasteiger partial charge in [0.1, 0.15) is 49.4 Å². The number of nitrogens with zero attached hydrogens (tertiary/aromatic N) is 1. The van der Waals surface area contributed by atoms with Gasteiger partial charge in [-0.3, -0.25) is 0 Å². The Kier molecular flexibility index (Phi) is 23.0. The van der Waals surface area contributed by atoms with E-state index in [0.29, 0.717) is 176 Å². The highest BCUT2D eigenvalue weighted by molar-refractivity contribution is 6.14. The van der Waals surface area contributed by atoms with Crippen molar-refractivity contribution in [3.63, 3.8) is 0 Å². The van der Waals surface area contributed by atoms with Gasteiger partial charge in [-0.05, 0) is 113 Å². The number of anilines is 1. The first kappa shape index (κ1) is 63.2. The number of ether oxygens (including phenoxy) is 13. The van der Waals surface area contributed by atoms with E-state index < -0.39 is 0 Å². The molecule has 0 spiro atoms. The minimum Gasteiger partial charge on any atom is -0.491 e. The Labute approximate surface area is 525 Å². The lowest BCUT2D eigenvalue weighted by Gasteiger charge is -2.29. The maximum Gasteiger partial charge on any atom is 0.161 e. The molecular weight excluding hydrogens is 1120 g/mol. The second-order valence-corrected chi connectivity index (χ2v) is 23.2. The van der Waals surface area contributed by atoms with Crippen molar-refractivity contribution in [2.45, 2.75) is 72.0 Å². The van der Waals surface area contributed by atoms with Gasteiger partial charge in [-0.1, -0.05) is 127 Å². The minimum absolute atomic E-state index is 0.0466. The Hall–Kier alpha value is -7.40. The van der Waals surface area contributed by atoms with Crippen LogP contribution in [0.1, 0.15) is 83.3 Å². The summed E-state index contributed by atoms with van der Waals surface area (Å²) in [6.07, 6.45) is 2.95. The monoisotopic (exact) mass is 1210 g/mol. The standard InChI is InChI=1S/C75H87NO13/c1-53(2)88-74-60-17-11-19-62(74)51-58-15-10-16-59-52-63-20-12-18-61(75(63)89-54(3)4)50-57-14-9-13-56(49-60)72(57)86-45-41-82-39-43-84-69-26-25-55(48-70(69)85-44-40-83-42-46-87-73(58)59)47-68-64-21-5-7-23-66(64)71(67-24-8-6-22-65(67)68)76-27-29-77-31-33-79-35-37-81-38-36-80-34-32-78-30-28-76/h5-26,48,53-54H,27-47,49-52H2,1-4H3. The highest BCUT2D eigenvalue weighted by Crippen LogP contribution is 2.43. The van der Waals surface area contributed by atoms with Crippen molar-refractivity contribution >= 4 is 27.2 Å². The summed E-state index contributed by atoms with van der Waals surface area (Å²) in [5.41, 5.74) is 12.1. The first-order valence-corrected chi connectivity index (χ1v) is 32.0. The molecule has 0 aromatic heterocycles. The van der Waals surface area contributed by atoms with E-state index in [0.717, 1.165) is 78.8 Å². The zero-order chi connectivity index (χ0) is 61.0. The molecule has 1 aliphatic carbocycles. The molecule has 0 radical (unpaired) electrons. The highest BCUT2D eigenvalue weighted by atomic mass is 16.6. The fourth-order valence-electron chi connectivity index (χ4n) is 12.2. The summed E-state index contributed by atoms with van der Waals surface area (Å²) in [4.78, 5) is 2.41. The SMILES string of the molecule is CC(C)Oc1c2cccc1Cc1cccc3c1OCCOCCOc1cc(Cc4c5ccccc5c(N5CCOCCOCCOCCOCCOCC5)c5ccccc45)ccc1OCCOCCOc1c(cccc1Cc1cccc(c1OC(C)C)C3)C2. The van der Waals surface area contributed by atoms with Crippen molar-refractivity contribution in [3.05, 3.63) is 195 Å². The van der Waals surface area contributed by atoms with Crippen LogP contribution in [0.15, 0.2) is 140 Å². The molecule has 0 unspecified atom stereocenters. The number of para-hydroxylation sites is 4. The molecule has 4 aliphatic rings. The van der Waals surface area contributed by atoms with Gasteiger partial charge in [0, 0.05) is 49.5 Å². The van der Waals surface area contributed by atoms with Gasteiger partial charge < -0.3 is 66.5 Å². The van der Waals surface area contributed by atoms with Gasteiger partial charge in [0.2, 0.25) is 0 Å². The molecule has 8 aromatic carbocycles. The third-order valence-corrected chi connectivity index (χ3v) is 16.1. The topological polar surface area (TPSA) is 123 Å². The van der Waals surface area contributed by atoms with E-state index in [1.165, 1.54) is 27.1 Å². The maximum atomic E-state index is 6.91. The molecule has 1 saturated heterocycles. The normalized spacial score (nSPS) is 16.9. The van der Waals surface area contributed by atoms with Crippen LogP contribution in [0.5, 0.6) is 34.5 Å². The van der Waals surface area contributed by atoms with E-state index in [1.807, 2.05) is 6.07 Å². The van der Waals surface area contributed by atoms with Crippen molar-refractivity contribution in [1.82, 2.24) is 0 Å². The fourth-order valence-corrected chi connectivity index (χ4v) is 12.2. The van der Waals surface area contributed by atoms with E-state index in [4.69, 9.17) is 61.6 Å². The molecule has 10 bridgehead atoms. The summed E-state index contributed by atoms with van der Waals surface area (Å²) in [7, 11) is 0. The molecule has 470 valence electrons. The Balaban J connectivity index is 0.877. The molecule has 3 aliphatic heterocycles. The highest BCUT2D eigenvalue weighted by Gasteiger charge is 2.24. The molecule has 14 nitrogen and oxygen atoms in total. The van der Waals surface area contributed by atoms with Crippen LogP contribution >= 0.6 is 0 Å². The van der Waals surface area contributed by atoms with Crippen LogP contribution in [-0.4, -0.2) is 144 Å². The number of benzene rings is 8. The molecule has 0 atom stereocenters. The average molecular weight is 1210 g/mol. The van der Waals surface area contributed by atoms with Gasteiger partial charge in [-0.2, -0.15) is 0 Å². The van der Waals surface area contributed by atoms with E-state index >= 15 is 0 Å². The van der Waals surface area contributed by atoms with Crippen LogP contribution in [0.2, 0.25) is 0 Å². The smallest absolute Gasteiger partial charge is 0.161 e. The summed E-state index contributed by atoms with van der Waals surface area (Å²) in [6, 6.07) is 49.7. The molecule has 3 heterocycles. The van der Waals surface area contributed by atoms with Gasteiger partial charge in [-0.15, -0.1) is 0 Å². The van der Waals surface area contributed by atoms with Crippen LogP contribution < -0.4 is 33.3 Å². The Morgan fingerprint density at radius 3 is 1.07 bits per heavy atom. The number of rotatable bonds is 7. The number of fused-ring (bicyclic) bond motifs is 14. The summed E-state index contributed by atoms with van der Waals surface area (Å²) >= 11 is 0. The van der Waals surface area contributed by atoms with Crippen LogP contribution in [0.25, 0.3) is 21.5 Å². The van der Waals surface area contributed by atoms with Crippen molar-refractivity contribution in [2.75, 3.05) is 137 Å². The van der Waals surface area contributed by atoms with Crippen LogP contribution in [0, 0.1) is 0 Å². The Morgan fingerprint density at radius 1 is 0.337 bits per heavy atom. The predicted molar refractivity (Wildman–Crippen MR) is 349 cm³/mol. The van der Waals surface area contributed by atoms with Crippen LogP contribution in [-0.2, 0) is 65.3 Å². The van der Waals surface area contributed by atoms with Gasteiger partial charge in [-0.25, -0.2) is 0 Å². The molecule has 89 heavy (non-hydrogen) atoms. The van der Waals surface area contributed by atoms with E-state index in [1.54, 1.807) is 0 Å². The second kappa shape index (κ2) is 32.4. The van der Waals surface area contributed by atoms with Crippen molar-refractivity contribution in [1.29, 1.82) is 0 Å². The van der Waals surface area contributed by atoms with Crippen LogP contribution in [0.3, 0.4) is 0 Å². The molecule has 8 aromatic rings. The van der Waals surface area contributed by atoms with E-state index in [-0.39, 0.29) is 12.2 Å². The third kappa shape index (κ3) is 16.9. The van der Waals surface area contributed by atoms with Gasteiger partial charge in [0.25, 0.3) is 0 Å². The lowest BCUT2D eigenvalue weighted by Crippen LogP contribution is -2.32. The van der Waals surface area contributed by atoms with E-state index in [2.05, 4.69) is 166 Å². The van der Waals surface area contributed by atoms with Gasteiger partial charge in [0.15, 0.2) is 11.5 Å². The van der Waals surface area contributed by atoms with Crippen molar-refractivity contribution in [2.24, 2.45) is 0 Å². The van der Waals surface area contributed by atoms with Gasteiger partial charge in [0.05, 0.1) is 110 Å². The Bertz CT molecular complexity index is 3390. The maximum absolute atomic E-state index is 6.91. The zero-order valence-corrected chi connectivity index (χ0v) is 52.4. The average Bonchev–Trinajstić information content (AvgIpc) is 0.925. The first-order chi connectivity index (χ1) is 43.8. The lowest BCUT2D eigenvalue weighted by molar-refractivity contribution is -0.0116. The second-order valence-electron chi connectivity index (χ2n) is 23.2. The summed E-state index contributed by atoms with van der Waals surface area (Å²) in [5.74, 6) is 4.72. The Morgan fingerprint density at radius 2 is 0.674 bits per heavy atom. The molecule has 0 N–H and O–H groups in total. The zero-order valence-electron chi connectivity index (χ0n) is 52.4. The lowest BCUT2D eigenvalue weighted by atomic mass is 9.90. The van der Waals surface area contributed by atoms with E-state index in [9.17, 15) is 0 Å². The quantitative estimate of drug-likeness (QED) is 0.111. The molecule has 0 amide bonds. The molecule has 14 heteroatoms.